The Morgan fingerprint density at radius 3 is 2.75 bits per heavy atom. The Hall–Kier alpha value is -4.52. The average molecular weight is 481 g/mol. The Kier molecular flexibility index (Phi) is 6.45. The zero-order valence-electron chi connectivity index (χ0n) is 20.3. The van der Waals surface area contributed by atoms with Crippen LogP contribution in [0.25, 0.3) is 27.9 Å². The van der Waals surface area contributed by atoms with Crippen molar-refractivity contribution in [2.24, 2.45) is 0 Å². The number of aryl methyl sites for hydroxylation is 2. The van der Waals surface area contributed by atoms with Gasteiger partial charge in [-0.25, -0.2) is 0 Å². The summed E-state index contributed by atoms with van der Waals surface area (Å²) in [5.41, 5.74) is 5.46. The molecular weight excluding hydrogens is 452 g/mol. The number of hydrogen-bond acceptors (Lipinski definition) is 3. The summed E-state index contributed by atoms with van der Waals surface area (Å²) in [6.45, 7) is 5.34. The molecule has 5 rings (SSSR count). The van der Waals surface area contributed by atoms with Crippen LogP contribution in [0, 0.1) is 6.92 Å². The van der Waals surface area contributed by atoms with Gasteiger partial charge in [0.2, 0.25) is 0 Å². The fraction of sp³-hybridized carbons (Fsp3) is 0.172. The standard InChI is InChI=1S/C29H28N4O3/c1-3-33-18-21(22-7-4-5-8-26(22)33)16-25(32-29(35)27-9-6-14-36-27)28(34)30-13-12-20-17-31-24-11-10-19(2)15-23(20)24/h4-11,14-18,31H,3,12-13H2,1-2H3,(H,30,34)(H,32,35)/b25-16-. The third-order valence-electron chi connectivity index (χ3n) is 6.30. The number of benzene rings is 2. The van der Waals surface area contributed by atoms with E-state index < -0.39 is 5.91 Å². The van der Waals surface area contributed by atoms with Crippen molar-refractivity contribution in [2.45, 2.75) is 26.8 Å². The minimum absolute atomic E-state index is 0.138. The van der Waals surface area contributed by atoms with Gasteiger partial charge in [-0.05, 0) is 62.2 Å². The van der Waals surface area contributed by atoms with E-state index in [0.29, 0.717) is 13.0 Å². The minimum atomic E-state index is -0.479. The highest BCUT2D eigenvalue weighted by Gasteiger charge is 2.18. The van der Waals surface area contributed by atoms with Gasteiger partial charge in [-0.2, -0.15) is 0 Å². The number of carbonyl (C=O) groups is 2. The number of amides is 2. The van der Waals surface area contributed by atoms with E-state index in [1.807, 2.05) is 36.7 Å². The van der Waals surface area contributed by atoms with Gasteiger partial charge in [0.05, 0.1) is 6.26 Å². The molecule has 7 nitrogen and oxygen atoms in total. The number of nitrogens with zero attached hydrogens (tertiary/aromatic N) is 1. The SMILES string of the molecule is CCn1cc(/C=C(\NC(=O)c2ccco2)C(=O)NCCc2c[nH]c3ccc(C)cc23)c2ccccc21. The molecule has 0 fully saturated rings. The number of carbonyl (C=O) groups excluding carboxylic acids is 2. The largest absolute Gasteiger partial charge is 0.459 e. The molecule has 2 amide bonds. The van der Waals surface area contributed by atoms with Crippen LogP contribution in [0.5, 0.6) is 0 Å². The zero-order valence-corrected chi connectivity index (χ0v) is 20.3. The van der Waals surface area contributed by atoms with Crippen molar-refractivity contribution >= 4 is 39.7 Å². The highest BCUT2D eigenvalue weighted by molar-refractivity contribution is 6.06. The number of fused-ring (bicyclic) bond motifs is 2. The molecule has 0 aliphatic rings. The lowest BCUT2D eigenvalue weighted by molar-refractivity contribution is -0.117. The van der Waals surface area contributed by atoms with Crippen molar-refractivity contribution in [1.82, 2.24) is 20.2 Å². The Bertz CT molecular complexity index is 1570. The third-order valence-corrected chi connectivity index (χ3v) is 6.30. The van der Waals surface area contributed by atoms with Crippen molar-refractivity contribution in [2.75, 3.05) is 6.54 Å². The van der Waals surface area contributed by atoms with Crippen molar-refractivity contribution in [3.8, 4) is 0 Å². The lowest BCUT2D eigenvalue weighted by Crippen LogP contribution is -2.35. The summed E-state index contributed by atoms with van der Waals surface area (Å²) in [6, 6.07) is 17.5. The molecule has 36 heavy (non-hydrogen) atoms. The molecule has 0 bridgehead atoms. The molecule has 0 unspecified atom stereocenters. The van der Waals surface area contributed by atoms with Crippen molar-refractivity contribution in [1.29, 1.82) is 0 Å². The first-order valence-corrected chi connectivity index (χ1v) is 12.0. The second-order valence-corrected chi connectivity index (χ2v) is 8.75. The first-order valence-electron chi connectivity index (χ1n) is 12.0. The van der Waals surface area contributed by atoms with Gasteiger partial charge in [-0.15, -0.1) is 0 Å². The van der Waals surface area contributed by atoms with Gasteiger partial charge < -0.3 is 24.6 Å². The maximum atomic E-state index is 13.3. The molecule has 0 atom stereocenters. The Labute approximate surface area is 208 Å². The van der Waals surface area contributed by atoms with E-state index >= 15 is 0 Å². The summed E-state index contributed by atoms with van der Waals surface area (Å²) >= 11 is 0. The number of H-pyrrole nitrogens is 1. The molecule has 0 radical (unpaired) electrons. The van der Waals surface area contributed by atoms with Crippen molar-refractivity contribution in [3.63, 3.8) is 0 Å². The number of furan rings is 1. The van der Waals surface area contributed by atoms with Crippen LogP contribution in [-0.2, 0) is 17.8 Å². The van der Waals surface area contributed by atoms with E-state index in [4.69, 9.17) is 4.42 Å². The molecule has 0 spiro atoms. The highest BCUT2D eigenvalue weighted by atomic mass is 16.3. The van der Waals surface area contributed by atoms with E-state index in [0.717, 1.165) is 39.5 Å². The molecule has 0 saturated carbocycles. The van der Waals surface area contributed by atoms with Crippen molar-refractivity contribution < 1.29 is 14.0 Å². The number of hydrogen-bond donors (Lipinski definition) is 3. The van der Waals surface area contributed by atoms with E-state index in [1.165, 1.54) is 11.8 Å². The summed E-state index contributed by atoms with van der Waals surface area (Å²) in [5.74, 6) is -0.703. The molecule has 0 aliphatic heterocycles. The first kappa shape index (κ1) is 23.2. The van der Waals surface area contributed by atoms with Gasteiger partial charge in [0.1, 0.15) is 5.70 Å². The first-order chi connectivity index (χ1) is 17.5. The third kappa shape index (κ3) is 4.68. The van der Waals surface area contributed by atoms with Crippen LogP contribution in [0.3, 0.4) is 0 Å². The van der Waals surface area contributed by atoms with Crippen LogP contribution in [0.4, 0.5) is 0 Å². The van der Waals surface area contributed by atoms with E-state index in [9.17, 15) is 9.59 Å². The monoisotopic (exact) mass is 480 g/mol. The maximum absolute atomic E-state index is 13.3. The maximum Gasteiger partial charge on any atom is 0.291 e. The van der Waals surface area contributed by atoms with Gasteiger partial charge in [0.15, 0.2) is 5.76 Å². The van der Waals surface area contributed by atoms with Crippen LogP contribution in [0.1, 0.15) is 34.2 Å². The molecule has 0 aliphatic carbocycles. The molecule has 0 saturated heterocycles. The quantitative estimate of drug-likeness (QED) is 0.268. The highest BCUT2D eigenvalue weighted by Crippen LogP contribution is 2.24. The summed E-state index contributed by atoms with van der Waals surface area (Å²) in [6.07, 6.45) is 7.77. The number of rotatable bonds is 8. The molecule has 3 heterocycles. The summed E-state index contributed by atoms with van der Waals surface area (Å²) in [7, 11) is 0. The van der Waals surface area contributed by atoms with Gasteiger partial charge in [0, 0.05) is 52.9 Å². The van der Waals surface area contributed by atoms with Gasteiger partial charge >= 0.3 is 0 Å². The summed E-state index contributed by atoms with van der Waals surface area (Å²) in [4.78, 5) is 29.3. The van der Waals surface area contributed by atoms with E-state index in [-0.39, 0.29) is 17.4 Å². The summed E-state index contributed by atoms with van der Waals surface area (Å²) < 4.78 is 7.34. The van der Waals surface area contributed by atoms with Crippen LogP contribution < -0.4 is 10.6 Å². The molecule has 5 aromatic rings. The fourth-order valence-corrected chi connectivity index (χ4v) is 4.46. The van der Waals surface area contributed by atoms with E-state index in [2.05, 4.69) is 52.2 Å². The zero-order chi connectivity index (χ0) is 25.1. The van der Waals surface area contributed by atoms with Gasteiger partial charge in [0.25, 0.3) is 11.8 Å². The van der Waals surface area contributed by atoms with E-state index in [1.54, 1.807) is 18.2 Å². The Balaban J connectivity index is 1.39. The topological polar surface area (TPSA) is 92.1 Å². The van der Waals surface area contributed by atoms with Crippen LogP contribution >= 0.6 is 0 Å². The molecule has 182 valence electrons. The normalized spacial score (nSPS) is 11.8. The smallest absolute Gasteiger partial charge is 0.291 e. The minimum Gasteiger partial charge on any atom is -0.459 e. The molecule has 3 aromatic heterocycles. The van der Waals surface area contributed by atoms with Gasteiger partial charge in [-0.3, -0.25) is 9.59 Å². The predicted octanol–water partition coefficient (Wildman–Crippen LogP) is 5.17. The molecular formula is C29H28N4O3. The summed E-state index contributed by atoms with van der Waals surface area (Å²) in [5, 5.41) is 7.87. The second-order valence-electron chi connectivity index (χ2n) is 8.75. The predicted molar refractivity (Wildman–Crippen MR) is 142 cm³/mol. The average Bonchev–Trinajstić information content (AvgIpc) is 3.63. The Morgan fingerprint density at radius 2 is 1.94 bits per heavy atom. The number of nitrogens with one attached hydrogen (secondary N) is 3. The lowest BCUT2D eigenvalue weighted by atomic mass is 10.1. The molecule has 3 N–H and O–H groups in total. The lowest BCUT2D eigenvalue weighted by Gasteiger charge is -2.10. The molecule has 7 heteroatoms. The number of aromatic amines is 1. The van der Waals surface area contributed by atoms with Crippen LogP contribution in [0.2, 0.25) is 0 Å². The second kappa shape index (κ2) is 10.00. The van der Waals surface area contributed by atoms with Crippen LogP contribution in [-0.4, -0.2) is 27.9 Å². The van der Waals surface area contributed by atoms with Crippen LogP contribution in [0.15, 0.2) is 83.4 Å². The van der Waals surface area contributed by atoms with Gasteiger partial charge in [-0.1, -0.05) is 29.8 Å². The number of para-hydroxylation sites is 1. The molecule has 2 aromatic carbocycles. The number of aromatic nitrogens is 2. The fourth-order valence-electron chi connectivity index (χ4n) is 4.46. The Morgan fingerprint density at radius 1 is 1.08 bits per heavy atom. The van der Waals surface area contributed by atoms with Crippen molar-refractivity contribution in [3.05, 3.63) is 101 Å².